The lowest BCUT2D eigenvalue weighted by molar-refractivity contribution is 0.245. The first-order valence-electron chi connectivity index (χ1n) is 10.5. The van der Waals surface area contributed by atoms with Crippen LogP contribution in [-0.2, 0) is 25.7 Å². The van der Waals surface area contributed by atoms with Gasteiger partial charge in [0.05, 0.1) is 13.2 Å². The summed E-state index contributed by atoms with van der Waals surface area (Å²) in [7, 11) is 0. The van der Waals surface area contributed by atoms with Gasteiger partial charge in [0.15, 0.2) is 0 Å². The van der Waals surface area contributed by atoms with E-state index in [-0.39, 0.29) is 0 Å². The Morgan fingerprint density at radius 2 is 0.926 bits per heavy atom. The molecule has 0 radical (unpaired) electrons. The van der Waals surface area contributed by atoms with Gasteiger partial charge < -0.3 is 9.47 Å². The summed E-state index contributed by atoms with van der Waals surface area (Å²) >= 11 is 0. The molecule has 2 heteroatoms. The highest BCUT2D eigenvalue weighted by Gasteiger charge is 2.08. The maximum absolute atomic E-state index is 6.10. The van der Waals surface area contributed by atoms with E-state index in [9.17, 15) is 0 Å². The third-order valence-electron chi connectivity index (χ3n) is 5.37. The number of aryl methyl sites for hydroxylation is 6. The number of hydrogen-bond donors (Lipinski definition) is 0. The minimum Gasteiger partial charge on any atom is -0.493 e. The lowest BCUT2D eigenvalue weighted by Crippen LogP contribution is -2.08. The fourth-order valence-electron chi connectivity index (χ4n) is 3.59. The third kappa shape index (κ3) is 5.51. The minimum absolute atomic E-state index is 0.688. The van der Waals surface area contributed by atoms with Crippen LogP contribution >= 0.6 is 0 Å². The van der Waals surface area contributed by atoms with Crippen LogP contribution in [0, 0.1) is 13.8 Å². The van der Waals surface area contributed by atoms with Gasteiger partial charge >= 0.3 is 0 Å². The van der Waals surface area contributed by atoms with E-state index in [0.29, 0.717) is 13.2 Å². The van der Waals surface area contributed by atoms with Crippen molar-refractivity contribution in [3.63, 3.8) is 0 Å². The van der Waals surface area contributed by atoms with Crippen molar-refractivity contribution in [2.24, 2.45) is 0 Å². The van der Waals surface area contributed by atoms with Crippen molar-refractivity contribution in [1.29, 1.82) is 0 Å². The lowest BCUT2D eigenvalue weighted by atomic mass is 10.0. The summed E-state index contributed by atoms with van der Waals surface area (Å²) < 4.78 is 12.2. The van der Waals surface area contributed by atoms with Crippen LogP contribution in [0.3, 0.4) is 0 Å². The summed E-state index contributed by atoms with van der Waals surface area (Å²) in [5.74, 6) is 2.08. The van der Waals surface area contributed by atoms with Crippen LogP contribution in [0.2, 0.25) is 0 Å². The maximum atomic E-state index is 6.10. The fourth-order valence-corrected chi connectivity index (χ4v) is 3.59. The highest BCUT2D eigenvalue weighted by atomic mass is 16.5. The van der Waals surface area contributed by atoms with E-state index in [0.717, 1.165) is 43.6 Å². The van der Waals surface area contributed by atoms with Crippen LogP contribution in [0.5, 0.6) is 11.5 Å². The second kappa shape index (κ2) is 10.4. The molecule has 2 aromatic rings. The molecule has 0 unspecified atom stereocenters. The van der Waals surface area contributed by atoms with Gasteiger partial charge in [-0.3, -0.25) is 0 Å². The molecule has 0 aliphatic heterocycles. The zero-order chi connectivity index (χ0) is 19.8. The van der Waals surface area contributed by atoms with Crippen LogP contribution in [0.1, 0.15) is 67.5 Å². The van der Waals surface area contributed by atoms with Crippen molar-refractivity contribution in [1.82, 2.24) is 0 Å². The van der Waals surface area contributed by atoms with Gasteiger partial charge in [-0.1, -0.05) is 39.8 Å². The van der Waals surface area contributed by atoms with E-state index in [2.05, 4.69) is 65.8 Å². The van der Waals surface area contributed by atoms with Gasteiger partial charge in [-0.15, -0.1) is 0 Å². The number of benzene rings is 2. The van der Waals surface area contributed by atoms with E-state index >= 15 is 0 Å². The summed E-state index contributed by atoms with van der Waals surface area (Å²) in [4.78, 5) is 0. The highest BCUT2D eigenvalue weighted by Crippen LogP contribution is 2.26. The predicted octanol–water partition coefficient (Wildman–Crippen LogP) is 6.40. The Bertz CT molecular complexity index is 683. The van der Waals surface area contributed by atoms with Gasteiger partial charge in [-0.05, 0) is 85.0 Å². The van der Waals surface area contributed by atoms with Crippen molar-refractivity contribution < 1.29 is 9.47 Å². The largest absolute Gasteiger partial charge is 0.493 e. The van der Waals surface area contributed by atoms with Crippen molar-refractivity contribution >= 4 is 0 Å². The molecule has 0 aliphatic rings. The summed E-state index contributed by atoms with van der Waals surface area (Å²) in [5, 5.41) is 0. The highest BCUT2D eigenvalue weighted by molar-refractivity contribution is 5.43. The molecule has 0 saturated heterocycles. The molecule has 2 aromatic carbocycles. The summed E-state index contributed by atoms with van der Waals surface area (Å²) in [6.07, 6.45) is 4.97. The van der Waals surface area contributed by atoms with Crippen molar-refractivity contribution in [3.8, 4) is 11.5 Å². The SMILES string of the molecule is CCc1cc(OCCCOc2cc(CC)c(C)cc2CC)c(CC)cc1C. The Balaban J connectivity index is 1.93. The summed E-state index contributed by atoms with van der Waals surface area (Å²) in [5.41, 5.74) is 8.07. The molecule has 27 heavy (non-hydrogen) atoms. The Hall–Kier alpha value is -1.96. The summed E-state index contributed by atoms with van der Waals surface area (Å²) in [6, 6.07) is 8.99. The molecular weight excluding hydrogens is 332 g/mol. The van der Waals surface area contributed by atoms with E-state index in [1.807, 2.05) is 0 Å². The molecule has 2 rings (SSSR count). The molecule has 2 nitrogen and oxygen atoms in total. The zero-order valence-corrected chi connectivity index (χ0v) is 18.1. The molecule has 148 valence electrons. The van der Waals surface area contributed by atoms with Gasteiger partial charge in [-0.2, -0.15) is 0 Å². The van der Waals surface area contributed by atoms with Gasteiger partial charge in [0.2, 0.25) is 0 Å². The van der Waals surface area contributed by atoms with Crippen molar-refractivity contribution in [2.75, 3.05) is 13.2 Å². The Morgan fingerprint density at radius 1 is 0.556 bits per heavy atom. The smallest absolute Gasteiger partial charge is 0.122 e. The fraction of sp³-hybridized carbons (Fsp3) is 0.520. The maximum Gasteiger partial charge on any atom is 0.122 e. The molecule has 0 spiro atoms. The molecule has 0 N–H and O–H groups in total. The zero-order valence-electron chi connectivity index (χ0n) is 18.1. The number of hydrogen-bond acceptors (Lipinski definition) is 2. The van der Waals surface area contributed by atoms with E-state index < -0.39 is 0 Å². The second-order valence-corrected chi connectivity index (χ2v) is 7.24. The quantitative estimate of drug-likeness (QED) is 0.452. The molecule has 0 saturated carbocycles. The van der Waals surface area contributed by atoms with Crippen LogP contribution in [-0.4, -0.2) is 13.2 Å². The standard InChI is InChI=1S/C25H36O2/c1-7-20-16-24(22(9-3)14-18(20)5)26-12-11-13-27-25-17-21(8-2)19(6)15-23(25)10-4/h14-17H,7-13H2,1-6H3. The molecular formula is C25H36O2. The van der Waals surface area contributed by atoms with Crippen molar-refractivity contribution in [2.45, 2.75) is 73.6 Å². The van der Waals surface area contributed by atoms with E-state index in [4.69, 9.17) is 9.47 Å². The first-order valence-corrected chi connectivity index (χ1v) is 10.5. The minimum atomic E-state index is 0.688. The van der Waals surface area contributed by atoms with Gasteiger partial charge in [0, 0.05) is 6.42 Å². The summed E-state index contributed by atoms with van der Waals surface area (Å²) in [6.45, 7) is 14.5. The van der Waals surface area contributed by atoms with Gasteiger partial charge in [0.1, 0.15) is 11.5 Å². The number of ether oxygens (including phenoxy) is 2. The van der Waals surface area contributed by atoms with Crippen LogP contribution < -0.4 is 9.47 Å². The second-order valence-electron chi connectivity index (χ2n) is 7.24. The first kappa shape index (κ1) is 21.3. The lowest BCUT2D eigenvalue weighted by Gasteiger charge is -2.16. The molecule has 0 heterocycles. The average molecular weight is 369 g/mol. The Morgan fingerprint density at radius 3 is 1.26 bits per heavy atom. The average Bonchev–Trinajstić information content (AvgIpc) is 2.68. The van der Waals surface area contributed by atoms with Gasteiger partial charge in [-0.25, -0.2) is 0 Å². The van der Waals surface area contributed by atoms with Crippen molar-refractivity contribution in [3.05, 3.63) is 57.6 Å². The predicted molar refractivity (Wildman–Crippen MR) is 115 cm³/mol. The molecule has 0 aromatic heterocycles. The van der Waals surface area contributed by atoms with E-state index in [1.54, 1.807) is 0 Å². The Labute approximate surface area is 165 Å². The normalized spacial score (nSPS) is 10.9. The van der Waals surface area contributed by atoms with Crippen LogP contribution in [0.15, 0.2) is 24.3 Å². The number of rotatable bonds is 10. The third-order valence-corrected chi connectivity index (χ3v) is 5.37. The molecule has 0 bridgehead atoms. The molecule has 0 amide bonds. The van der Waals surface area contributed by atoms with Crippen LogP contribution in [0.25, 0.3) is 0 Å². The molecule has 0 atom stereocenters. The van der Waals surface area contributed by atoms with Crippen LogP contribution in [0.4, 0.5) is 0 Å². The molecule has 0 fully saturated rings. The molecule has 0 aliphatic carbocycles. The first-order chi connectivity index (χ1) is 13.0. The monoisotopic (exact) mass is 368 g/mol. The topological polar surface area (TPSA) is 18.5 Å². The Kier molecular flexibility index (Phi) is 8.22. The van der Waals surface area contributed by atoms with Gasteiger partial charge in [0.25, 0.3) is 0 Å². The van der Waals surface area contributed by atoms with E-state index in [1.165, 1.54) is 33.4 Å².